The molecule has 0 spiro atoms. The summed E-state index contributed by atoms with van der Waals surface area (Å²) in [5, 5.41) is 13.2. The molecule has 0 aliphatic heterocycles. The summed E-state index contributed by atoms with van der Waals surface area (Å²) in [4.78, 5) is 25.9. The third-order valence-corrected chi connectivity index (χ3v) is 3.94. The van der Waals surface area contributed by atoms with Gasteiger partial charge in [-0.25, -0.2) is 0 Å². The molecule has 1 aromatic carbocycles. The largest absolute Gasteiger partial charge is 0.342 e. The molecule has 0 saturated heterocycles. The maximum Gasteiger partial charge on any atom is 0.261 e. The Morgan fingerprint density at radius 2 is 2.00 bits per heavy atom. The highest BCUT2D eigenvalue weighted by Crippen LogP contribution is 2.08. The molecule has 0 atom stereocenters. The van der Waals surface area contributed by atoms with Crippen LogP contribution in [0.4, 0.5) is 0 Å². The Labute approximate surface area is 132 Å². The van der Waals surface area contributed by atoms with E-state index in [1.165, 1.54) is 16.2 Å². The number of benzene rings is 1. The molecule has 0 fully saturated rings. The molecule has 6 heteroatoms. The summed E-state index contributed by atoms with van der Waals surface area (Å²) in [6.07, 6.45) is 0. The van der Waals surface area contributed by atoms with Gasteiger partial charge in [-0.3, -0.25) is 9.59 Å². The van der Waals surface area contributed by atoms with Gasteiger partial charge in [-0.15, -0.1) is 11.3 Å². The standard InChI is InChI=1S/C16H15N3O2S/c1-19(11-13-6-4-12(9-17)5-7-13)15(20)10-18-16(21)14-3-2-8-22-14/h2-8H,10-11H2,1H3,(H,18,21). The van der Waals surface area contributed by atoms with E-state index in [1.54, 1.807) is 31.3 Å². The Kier molecular flexibility index (Phi) is 5.28. The minimum atomic E-state index is -0.241. The lowest BCUT2D eigenvalue weighted by Gasteiger charge is -2.17. The molecule has 2 amide bonds. The highest BCUT2D eigenvalue weighted by molar-refractivity contribution is 7.12. The van der Waals surface area contributed by atoms with Crippen molar-refractivity contribution in [1.29, 1.82) is 5.26 Å². The average molecular weight is 313 g/mol. The van der Waals surface area contributed by atoms with Crippen molar-refractivity contribution in [3.63, 3.8) is 0 Å². The fraction of sp³-hybridized carbons (Fsp3) is 0.188. The van der Waals surface area contributed by atoms with E-state index in [-0.39, 0.29) is 18.4 Å². The maximum absolute atomic E-state index is 12.0. The smallest absolute Gasteiger partial charge is 0.261 e. The SMILES string of the molecule is CN(Cc1ccc(C#N)cc1)C(=O)CNC(=O)c1cccs1. The summed E-state index contributed by atoms with van der Waals surface area (Å²) in [5.74, 6) is -0.413. The van der Waals surface area contributed by atoms with Crippen molar-refractivity contribution >= 4 is 23.2 Å². The first-order valence-electron chi connectivity index (χ1n) is 6.65. The minimum absolute atomic E-state index is 0.0382. The summed E-state index contributed by atoms with van der Waals surface area (Å²) >= 11 is 1.33. The van der Waals surface area contributed by atoms with Gasteiger partial charge in [0.25, 0.3) is 5.91 Å². The molecule has 1 aromatic heterocycles. The third kappa shape index (κ3) is 4.17. The van der Waals surface area contributed by atoms with E-state index in [0.29, 0.717) is 17.0 Å². The lowest BCUT2D eigenvalue weighted by molar-refractivity contribution is -0.129. The number of nitrogens with zero attached hydrogens (tertiary/aromatic N) is 2. The van der Waals surface area contributed by atoms with Gasteiger partial charge in [0.05, 0.1) is 23.1 Å². The number of amides is 2. The van der Waals surface area contributed by atoms with Crippen LogP contribution in [0.15, 0.2) is 41.8 Å². The zero-order chi connectivity index (χ0) is 15.9. The Morgan fingerprint density at radius 1 is 1.27 bits per heavy atom. The molecule has 0 radical (unpaired) electrons. The second-order valence-electron chi connectivity index (χ2n) is 4.72. The molecule has 0 unspecified atom stereocenters. The second-order valence-corrected chi connectivity index (χ2v) is 5.67. The van der Waals surface area contributed by atoms with Gasteiger partial charge in [0, 0.05) is 13.6 Å². The van der Waals surface area contributed by atoms with E-state index in [1.807, 2.05) is 23.6 Å². The Bertz CT molecular complexity index is 687. The van der Waals surface area contributed by atoms with E-state index in [9.17, 15) is 9.59 Å². The lowest BCUT2D eigenvalue weighted by Crippen LogP contribution is -2.37. The van der Waals surface area contributed by atoms with Crippen molar-refractivity contribution < 1.29 is 9.59 Å². The van der Waals surface area contributed by atoms with Crippen LogP contribution in [0.5, 0.6) is 0 Å². The second kappa shape index (κ2) is 7.38. The zero-order valence-corrected chi connectivity index (χ0v) is 12.9. The summed E-state index contributed by atoms with van der Waals surface area (Å²) < 4.78 is 0. The van der Waals surface area contributed by atoms with E-state index < -0.39 is 0 Å². The molecular weight excluding hydrogens is 298 g/mol. The number of nitriles is 1. The van der Waals surface area contributed by atoms with E-state index in [2.05, 4.69) is 5.32 Å². The molecule has 2 aromatic rings. The van der Waals surface area contributed by atoms with Crippen LogP contribution in [0.2, 0.25) is 0 Å². The normalized spacial score (nSPS) is 9.82. The fourth-order valence-corrected chi connectivity index (χ4v) is 2.47. The van der Waals surface area contributed by atoms with Crippen LogP contribution in [0.25, 0.3) is 0 Å². The Hall–Kier alpha value is -2.65. The van der Waals surface area contributed by atoms with Gasteiger partial charge in [-0.1, -0.05) is 18.2 Å². The predicted molar refractivity (Wildman–Crippen MR) is 84.3 cm³/mol. The summed E-state index contributed by atoms with van der Waals surface area (Å²) in [6.45, 7) is 0.392. The van der Waals surface area contributed by atoms with Crippen molar-refractivity contribution in [2.75, 3.05) is 13.6 Å². The van der Waals surface area contributed by atoms with Crippen molar-refractivity contribution in [1.82, 2.24) is 10.2 Å². The molecule has 0 aliphatic carbocycles. The van der Waals surface area contributed by atoms with Crippen LogP contribution in [0.3, 0.4) is 0 Å². The summed E-state index contributed by atoms with van der Waals surface area (Å²) in [6, 6.07) is 12.6. The van der Waals surface area contributed by atoms with Crippen molar-refractivity contribution in [3.05, 3.63) is 57.8 Å². The molecule has 1 N–H and O–H groups in total. The van der Waals surface area contributed by atoms with Crippen molar-refractivity contribution in [2.45, 2.75) is 6.54 Å². The van der Waals surface area contributed by atoms with Crippen LogP contribution in [-0.2, 0) is 11.3 Å². The van der Waals surface area contributed by atoms with Gasteiger partial charge < -0.3 is 10.2 Å². The zero-order valence-electron chi connectivity index (χ0n) is 12.1. The molecule has 112 valence electrons. The first-order valence-corrected chi connectivity index (χ1v) is 7.53. The number of carbonyl (C=O) groups excluding carboxylic acids is 2. The quantitative estimate of drug-likeness (QED) is 0.917. The molecule has 22 heavy (non-hydrogen) atoms. The predicted octanol–water partition coefficient (Wildman–Crippen LogP) is 2.01. The van der Waals surface area contributed by atoms with Crippen LogP contribution in [0.1, 0.15) is 20.8 Å². The number of rotatable bonds is 5. The molecule has 0 saturated carbocycles. The first kappa shape index (κ1) is 15.7. The van der Waals surface area contributed by atoms with E-state index >= 15 is 0 Å². The number of nitrogens with one attached hydrogen (secondary N) is 1. The molecule has 0 aliphatic rings. The van der Waals surface area contributed by atoms with Gasteiger partial charge in [0.1, 0.15) is 0 Å². The number of carbonyl (C=O) groups is 2. The van der Waals surface area contributed by atoms with Crippen LogP contribution < -0.4 is 5.32 Å². The van der Waals surface area contributed by atoms with Crippen LogP contribution in [0, 0.1) is 11.3 Å². The highest BCUT2D eigenvalue weighted by atomic mass is 32.1. The van der Waals surface area contributed by atoms with Crippen molar-refractivity contribution in [2.24, 2.45) is 0 Å². The van der Waals surface area contributed by atoms with E-state index in [4.69, 9.17) is 5.26 Å². The number of hydrogen-bond donors (Lipinski definition) is 1. The van der Waals surface area contributed by atoms with Gasteiger partial charge in [-0.05, 0) is 29.1 Å². The monoisotopic (exact) mass is 313 g/mol. The van der Waals surface area contributed by atoms with E-state index in [0.717, 1.165) is 5.56 Å². The maximum atomic E-state index is 12.0. The third-order valence-electron chi connectivity index (χ3n) is 3.07. The molecular formula is C16H15N3O2S. The molecule has 1 heterocycles. The Morgan fingerprint density at radius 3 is 2.59 bits per heavy atom. The van der Waals surface area contributed by atoms with Gasteiger partial charge >= 0.3 is 0 Å². The Balaban J connectivity index is 1.84. The molecule has 0 bridgehead atoms. The lowest BCUT2D eigenvalue weighted by atomic mass is 10.1. The number of hydrogen-bond acceptors (Lipinski definition) is 4. The number of thiophene rings is 1. The minimum Gasteiger partial charge on any atom is -0.342 e. The average Bonchev–Trinajstić information content (AvgIpc) is 3.07. The van der Waals surface area contributed by atoms with Gasteiger partial charge in [-0.2, -0.15) is 5.26 Å². The number of likely N-dealkylation sites (N-methyl/N-ethyl adjacent to an activating group) is 1. The summed E-state index contributed by atoms with van der Waals surface area (Å²) in [7, 11) is 1.68. The molecule has 2 rings (SSSR count). The van der Waals surface area contributed by atoms with Crippen molar-refractivity contribution in [3.8, 4) is 6.07 Å². The van der Waals surface area contributed by atoms with Crippen LogP contribution >= 0.6 is 11.3 Å². The molecule has 5 nitrogen and oxygen atoms in total. The van der Waals surface area contributed by atoms with Gasteiger partial charge in [0.2, 0.25) is 5.91 Å². The van der Waals surface area contributed by atoms with Gasteiger partial charge in [0.15, 0.2) is 0 Å². The highest BCUT2D eigenvalue weighted by Gasteiger charge is 2.12. The fourth-order valence-electron chi connectivity index (χ4n) is 1.83. The van der Waals surface area contributed by atoms with Crippen LogP contribution in [-0.4, -0.2) is 30.3 Å². The topological polar surface area (TPSA) is 73.2 Å². The first-order chi connectivity index (χ1) is 10.6. The summed E-state index contributed by atoms with van der Waals surface area (Å²) in [5.41, 5.74) is 1.51.